The van der Waals surface area contributed by atoms with E-state index < -0.39 is 23.1 Å². The van der Waals surface area contributed by atoms with Crippen molar-refractivity contribution in [3.8, 4) is 5.88 Å². The summed E-state index contributed by atoms with van der Waals surface area (Å²) in [6.45, 7) is 8.46. The number of ether oxygens (including phenoxy) is 1. The zero-order valence-corrected chi connectivity index (χ0v) is 18.0. The van der Waals surface area contributed by atoms with E-state index >= 15 is 0 Å². The van der Waals surface area contributed by atoms with E-state index in [-0.39, 0.29) is 11.3 Å². The van der Waals surface area contributed by atoms with Gasteiger partial charge in [0, 0.05) is 20.6 Å². The Hall–Kier alpha value is -3.20. The molecule has 0 spiro atoms. The number of hydrogen-bond acceptors (Lipinski definition) is 7. The van der Waals surface area contributed by atoms with Crippen LogP contribution in [0.15, 0.2) is 38.8 Å². The molecule has 0 saturated carbocycles. The van der Waals surface area contributed by atoms with Gasteiger partial charge in [0.05, 0.1) is 17.0 Å². The van der Waals surface area contributed by atoms with Crippen molar-refractivity contribution in [3.63, 3.8) is 0 Å². The fourth-order valence-corrected chi connectivity index (χ4v) is 2.96. The maximum atomic E-state index is 12.4. The quantitative estimate of drug-likeness (QED) is 0.515. The predicted octanol–water partition coefficient (Wildman–Crippen LogP) is 1.43. The summed E-state index contributed by atoms with van der Waals surface area (Å²) in [5.41, 5.74) is -0.185. The summed E-state index contributed by atoms with van der Waals surface area (Å²) in [6.07, 6.45) is 0. The fourth-order valence-electron chi connectivity index (χ4n) is 2.96. The Morgan fingerprint density at radius 2 is 1.70 bits per heavy atom. The lowest BCUT2D eigenvalue weighted by atomic mass is 10.2. The number of nitrogens with zero attached hydrogens (tertiary/aromatic N) is 4. The van der Waals surface area contributed by atoms with Crippen LogP contribution in [0.5, 0.6) is 5.88 Å². The number of benzene rings is 1. The Labute approximate surface area is 174 Å². The van der Waals surface area contributed by atoms with Crippen molar-refractivity contribution in [3.05, 3.63) is 56.2 Å². The summed E-state index contributed by atoms with van der Waals surface area (Å²) in [5.74, 6) is -0.864. The molecule has 0 bridgehead atoms. The molecule has 0 unspecified atom stereocenters. The lowest BCUT2D eigenvalue weighted by Gasteiger charge is -2.17. The number of aromatic hydroxyl groups is 1. The summed E-state index contributed by atoms with van der Waals surface area (Å²) in [6, 6.07) is 6.41. The number of aromatic nitrogens is 2. The van der Waals surface area contributed by atoms with Gasteiger partial charge in [-0.15, -0.1) is 0 Å². The third-order valence-electron chi connectivity index (χ3n) is 4.93. The van der Waals surface area contributed by atoms with Gasteiger partial charge in [-0.25, -0.2) is 9.59 Å². The summed E-state index contributed by atoms with van der Waals surface area (Å²) >= 11 is 0. The maximum Gasteiger partial charge on any atom is 0.338 e. The molecule has 0 aliphatic carbocycles. The first-order valence-corrected chi connectivity index (χ1v) is 9.75. The van der Waals surface area contributed by atoms with Crippen molar-refractivity contribution in [1.82, 2.24) is 14.0 Å². The van der Waals surface area contributed by atoms with Crippen LogP contribution in [0.3, 0.4) is 0 Å². The first-order chi connectivity index (χ1) is 14.2. The molecule has 2 aromatic rings. The van der Waals surface area contributed by atoms with Crippen LogP contribution in [-0.2, 0) is 18.8 Å². The van der Waals surface area contributed by atoms with E-state index in [1.165, 1.54) is 14.1 Å². The maximum absolute atomic E-state index is 12.4. The normalized spacial score (nSPS) is 11.7. The topological polar surface area (TPSA) is 106 Å². The Morgan fingerprint density at radius 3 is 2.27 bits per heavy atom. The van der Waals surface area contributed by atoms with Crippen LogP contribution in [0.25, 0.3) is 0 Å². The first-order valence-electron chi connectivity index (χ1n) is 9.75. The van der Waals surface area contributed by atoms with Crippen LogP contribution in [-0.4, -0.2) is 57.1 Å². The van der Waals surface area contributed by atoms with Crippen LogP contribution in [0.1, 0.15) is 36.7 Å². The molecule has 0 radical (unpaired) electrons. The Balaban J connectivity index is 2.18. The van der Waals surface area contributed by atoms with E-state index in [0.29, 0.717) is 24.4 Å². The van der Waals surface area contributed by atoms with Crippen LogP contribution >= 0.6 is 0 Å². The third kappa shape index (κ3) is 5.04. The van der Waals surface area contributed by atoms with Crippen molar-refractivity contribution in [2.75, 3.05) is 26.2 Å². The van der Waals surface area contributed by atoms with Gasteiger partial charge in [0.25, 0.3) is 5.56 Å². The molecule has 0 saturated heterocycles. The number of rotatable bonds is 8. The highest BCUT2D eigenvalue weighted by molar-refractivity contribution is 6.01. The Morgan fingerprint density at radius 1 is 1.10 bits per heavy atom. The summed E-state index contributed by atoms with van der Waals surface area (Å²) < 4.78 is 7.18. The molecule has 0 amide bonds. The van der Waals surface area contributed by atoms with Gasteiger partial charge in [-0.05, 0) is 44.3 Å². The molecular weight excluding hydrogens is 388 g/mol. The van der Waals surface area contributed by atoms with Gasteiger partial charge in [0.2, 0.25) is 5.88 Å². The molecule has 30 heavy (non-hydrogen) atoms. The summed E-state index contributed by atoms with van der Waals surface area (Å²) in [5, 5.41) is 10.2. The molecule has 9 heteroatoms. The third-order valence-corrected chi connectivity index (χ3v) is 4.93. The number of likely N-dealkylation sites (N-methyl/N-ethyl adjacent to an activating group) is 1. The van der Waals surface area contributed by atoms with Gasteiger partial charge in [-0.2, -0.15) is 0 Å². The molecule has 0 aliphatic heterocycles. The van der Waals surface area contributed by atoms with Crippen LogP contribution in [0.4, 0.5) is 5.69 Å². The standard InChI is InChI=1S/C21H28N4O5/c1-6-25(7-2)12-13-30-20(28)15-8-10-16(11-9-15)22-14(3)17-18(26)23(4)21(29)24(5)19(17)27/h8-11,26H,6-7,12-13H2,1-5H3. The molecule has 0 aliphatic rings. The lowest BCUT2D eigenvalue weighted by Crippen LogP contribution is -2.39. The van der Waals surface area contributed by atoms with Gasteiger partial charge in [0.15, 0.2) is 0 Å². The number of carbonyl (C=O) groups is 1. The number of hydrogen-bond donors (Lipinski definition) is 1. The van der Waals surface area contributed by atoms with Crippen LogP contribution < -0.4 is 11.2 Å². The highest BCUT2D eigenvalue weighted by Gasteiger charge is 2.17. The van der Waals surface area contributed by atoms with Gasteiger partial charge >= 0.3 is 11.7 Å². The second-order valence-electron chi connectivity index (χ2n) is 6.81. The molecule has 1 N–H and O–H groups in total. The van der Waals surface area contributed by atoms with Crippen molar-refractivity contribution in [2.45, 2.75) is 20.8 Å². The zero-order valence-electron chi connectivity index (χ0n) is 18.0. The van der Waals surface area contributed by atoms with E-state index in [2.05, 4.69) is 23.7 Å². The van der Waals surface area contributed by atoms with Crippen molar-refractivity contribution < 1.29 is 14.6 Å². The van der Waals surface area contributed by atoms with Crippen molar-refractivity contribution >= 4 is 17.4 Å². The summed E-state index contributed by atoms with van der Waals surface area (Å²) in [4.78, 5) is 42.9. The molecule has 1 heterocycles. The van der Waals surface area contributed by atoms with Crippen LogP contribution in [0, 0.1) is 0 Å². The smallest absolute Gasteiger partial charge is 0.338 e. The zero-order chi connectivity index (χ0) is 22.4. The molecular formula is C21H28N4O5. The SMILES string of the molecule is CCN(CC)CCOC(=O)c1ccc(N=C(C)c2c(O)n(C)c(=O)n(C)c2=O)cc1. The van der Waals surface area contributed by atoms with Gasteiger partial charge in [0.1, 0.15) is 12.2 Å². The highest BCUT2D eigenvalue weighted by atomic mass is 16.5. The van der Waals surface area contributed by atoms with Crippen molar-refractivity contribution in [2.24, 2.45) is 19.1 Å². The minimum Gasteiger partial charge on any atom is -0.494 e. The van der Waals surface area contributed by atoms with E-state index in [0.717, 1.165) is 22.2 Å². The van der Waals surface area contributed by atoms with Crippen LogP contribution in [0.2, 0.25) is 0 Å². The average molecular weight is 416 g/mol. The molecule has 2 rings (SSSR count). The molecule has 1 aromatic heterocycles. The lowest BCUT2D eigenvalue weighted by molar-refractivity contribution is 0.0466. The largest absolute Gasteiger partial charge is 0.494 e. The second kappa shape index (κ2) is 10.0. The monoisotopic (exact) mass is 416 g/mol. The fraction of sp³-hybridized carbons (Fsp3) is 0.429. The van der Waals surface area contributed by atoms with E-state index in [1.807, 2.05) is 0 Å². The van der Waals surface area contributed by atoms with E-state index in [1.54, 1.807) is 31.2 Å². The van der Waals surface area contributed by atoms with Gasteiger partial charge in [-0.3, -0.25) is 18.9 Å². The Kier molecular flexibility index (Phi) is 7.71. The molecule has 0 fully saturated rings. The number of esters is 1. The van der Waals surface area contributed by atoms with Crippen molar-refractivity contribution in [1.29, 1.82) is 0 Å². The summed E-state index contributed by atoms with van der Waals surface area (Å²) in [7, 11) is 2.70. The molecule has 0 atom stereocenters. The highest BCUT2D eigenvalue weighted by Crippen LogP contribution is 2.18. The molecule has 1 aromatic carbocycles. The van der Waals surface area contributed by atoms with Gasteiger partial charge < -0.3 is 14.7 Å². The minimum atomic E-state index is -0.634. The van der Waals surface area contributed by atoms with E-state index in [4.69, 9.17) is 4.74 Å². The predicted molar refractivity (Wildman–Crippen MR) is 115 cm³/mol. The van der Waals surface area contributed by atoms with Gasteiger partial charge in [-0.1, -0.05) is 13.8 Å². The molecule has 162 valence electrons. The Bertz CT molecular complexity index is 1050. The second-order valence-corrected chi connectivity index (χ2v) is 6.81. The molecule has 9 nitrogen and oxygen atoms in total. The number of aliphatic imine (C=N–C) groups is 1. The number of carbonyl (C=O) groups excluding carboxylic acids is 1. The van der Waals surface area contributed by atoms with E-state index in [9.17, 15) is 19.5 Å². The first kappa shape index (κ1) is 23.1. The average Bonchev–Trinajstić information content (AvgIpc) is 2.74. The minimum absolute atomic E-state index is 0.0560.